The fourth-order valence-corrected chi connectivity index (χ4v) is 1.68. The van der Waals surface area contributed by atoms with E-state index >= 15 is 0 Å². The van der Waals surface area contributed by atoms with Gasteiger partial charge in [-0.05, 0) is 12.5 Å². The third kappa shape index (κ3) is 4.43. The highest BCUT2D eigenvalue weighted by atomic mass is 14.9. The van der Waals surface area contributed by atoms with Crippen LogP contribution in [0.5, 0.6) is 0 Å². The molecule has 0 amide bonds. The fourth-order valence-electron chi connectivity index (χ4n) is 1.68. The second kappa shape index (κ2) is 7.88. The molecule has 1 aromatic rings. The Morgan fingerprint density at radius 2 is 2.00 bits per heavy atom. The summed E-state index contributed by atoms with van der Waals surface area (Å²) in [4.78, 5) is 7.75. The first-order valence-electron chi connectivity index (χ1n) is 6.19. The summed E-state index contributed by atoms with van der Waals surface area (Å²) in [5.41, 5.74) is 3.08. The molecule has 0 fully saturated rings. The lowest BCUT2D eigenvalue weighted by molar-refractivity contribution is 1.10. The van der Waals surface area contributed by atoms with E-state index in [1.165, 1.54) is 0 Å². The van der Waals surface area contributed by atoms with Crippen LogP contribution in [0.4, 0.5) is 0 Å². The van der Waals surface area contributed by atoms with Crippen molar-refractivity contribution >= 4 is 5.57 Å². The van der Waals surface area contributed by atoms with Crippen molar-refractivity contribution in [2.24, 2.45) is 0 Å². The average molecular weight is 252 g/mol. The first-order chi connectivity index (χ1) is 9.24. The molecule has 1 aromatic heterocycles. The summed E-state index contributed by atoms with van der Waals surface area (Å²) < 4.78 is 0. The number of aromatic amines is 1. The molecule has 19 heavy (non-hydrogen) atoms. The van der Waals surface area contributed by atoms with Crippen molar-refractivity contribution in [2.45, 2.75) is 13.3 Å². The van der Waals surface area contributed by atoms with Gasteiger partial charge >= 0.3 is 0 Å². The number of nitrogens with zero attached hydrogens (tertiary/aromatic N) is 1. The summed E-state index contributed by atoms with van der Waals surface area (Å²) in [6.45, 7) is 13.2. The summed E-state index contributed by atoms with van der Waals surface area (Å²) in [7, 11) is 0. The first-order valence-corrected chi connectivity index (χ1v) is 6.19. The third-order valence-corrected chi connectivity index (χ3v) is 2.53. The van der Waals surface area contributed by atoms with Crippen LogP contribution in [-0.4, -0.2) is 9.97 Å². The number of hydrogen-bond donors (Lipinski definition) is 1. The van der Waals surface area contributed by atoms with Gasteiger partial charge in [-0.25, -0.2) is 4.98 Å². The molecule has 0 aliphatic carbocycles. The maximum absolute atomic E-state index is 4.57. The molecule has 0 saturated heterocycles. The molecule has 0 aliphatic rings. The molecule has 2 heteroatoms. The topological polar surface area (TPSA) is 28.7 Å². The minimum Gasteiger partial charge on any atom is -0.344 e. The zero-order valence-electron chi connectivity index (χ0n) is 11.4. The SMILES string of the molecule is C=C/C=C(\C=C)Cc1c[nH]c(C(/C=C\C)=C/C=C)n1. The molecule has 1 N–H and O–H groups in total. The van der Waals surface area contributed by atoms with Gasteiger partial charge in [0.1, 0.15) is 5.82 Å². The quantitative estimate of drug-likeness (QED) is 0.716. The average Bonchev–Trinajstić information content (AvgIpc) is 2.86. The molecule has 1 rings (SSSR count). The van der Waals surface area contributed by atoms with Crippen molar-refractivity contribution < 1.29 is 0 Å². The van der Waals surface area contributed by atoms with E-state index in [1.54, 1.807) is 12.2 Å². The third-order valence-electron chi connectivity index (χ3n) is 2.53. The van der Waals surface area contributed by atoms with E-state index in [-0.39, 0.29) is 0 Å². The molecule has 0 atom stereocenters. The summed E-state index contributed by atoms with van der Waals surface area (Å²) in [6.07, 6.45) is 15.8. The predicted octanol–water partition coefficient (Wildman–Crippen LogP) is 4.40. The number of H-pyrrole nitrogens is 1. The van der Waals surface area contributed by atoms with Crippen LogP contribution in [-0.2, 0) is 6.42 Å². The lowest BCUT2D eigenvalue weighted by atomic mass is 10.1. The summed E-state index contributed by atoms with van der Waals surface area (Å²) in [5.74, 6) is 0.843. The van der Waals surface area contributed by atoms with Gasteiger partial charge in [0.2, 0.25) is 0 Å². The van der Waals surface area contributed by atoms with Gasteiger partial charge < -0.3 is 4.98 Å². The Labute approximate surface area is 115 Å². The van der Waals surface area contributed by atoms with Crippen LogP contribution < -0.4 is 0 Å². The number of nitrogens with one attached hydrogen (secondary N) is 1. The normalized spacial score (nSPS) is 12.7. The summed E-state index contributed by atoms with van der Waals surface area (Å²) >= 11 is 0. The zero-order chi connectivity index (χ0) is 14.1. The van der Waals surface area contributed by atoms with Crippen LogP contribution in [0.3, 0.4) is 0 Å². The predicted molar refractivity (Wildman–Crippen MR) is 83.8 cm³/mol. The van der Waals surface area contributed by atoms with Crippen molar-refractivity contribution in [2.75, 3.05) is 0 Å². The second-order valence-corrected chi connectivity index (χ2v) is 3.96. The van der Waals surface area contributed by atoms with Crippen LogP contribution in [0.25, 0.3) is 5.57 Å². The van der Waals surface area contributed by atoms with E-state index in [1.807, 2.05) is 43.5 Å². The Morgan fingerprint density at radius 3 is 2.58 bits per heavy atom. The smallest absolute Gasteiger partial charge is 0.137 e. The lowest BCUT2D eigenvalue weighted by Crippen LogP contribution is -1.89. The molecule has 0 saturated carbocycles. The molecule has 0 spiro atoms. The molecule has 0 aromatic carbocycles. The van der Waals surface area contributed by atoms with Crippen molar-refractivity contribution in [3.8, 4) is 0 Å². The molecule has 0 radical (unpaired) electrons. The van der Waals surface area contributed by atoms with Crippen molar-refractivity contribution in [3.05, 3.63) is 85.6 Å². The highest BCUT2D eigenvalue weighted by Gasteiger charge is 2.04. The Balaban J connectivity index is 2.96. The number of allylic oxidation sites excluding steroid dienone is 9. The number of hydrogen-bond acceptors (Lipinski definition) is 1. The number of rotatable bonds is 7. The van der Waals surface area contributed by atoms with Crippen molar-refractivity contribution in [3.63, 3.8) is 0 Å². The molecule has 0 bridgehead atoms. The van der Waals surface area contributed by atoms with E-state index in [9.17, 15) is 0 Å². The van der Waals surface area contributed by atoms with Crippen LogP contribution in [0.2, 0.25) is 0 Å². The monoisotopic (exact) mass is 252 g/mol. The molecule has 2 nitrogen and oxygen atoms in total. The van der Waals surface area contributed by atoms with Crippen molar-refractivity contribution in [1.29, 1.82) is 0 Å². The van der Waals surface area contributed by atoms with Crippen LogP contribution in [0.15, 0.2) is 74.0 Å². The zero-order valence-corrected chi connectivity index (χ0v) is 11.4. The van der Waals surface area contributed by atoms with E-state index in [0.717, 1.165) is 29.1 Å². The number of imidazole rings is 1. The van der Waals surface area contributed by atoms with Crippen LogP contribution >= 0.6 is 0 Å². The van der Waals surface area contributed by atoms with Crippen molar-refractivity contribution in [1.82, 2.24) is 9.97 Å². The highest BCUT2D eigenvalue weighted by molar-refractivity contribution is 5.70. The molecule has 0 aliphatic heterocycles. The standard InChI is InChI=1S/C17H20N2/c1-5-9-14(8-4)12-16-13-18-17(19-16)15(10-6-2)11-7-3/h5-11,13H,1-2,4,12H2,3H3,(H,18,19)/b11-7-,14-9+,15-10+. The Bertz CT molecular complexity index is 539. The van der Waals surface area contributed by atoms with E-state index in [4.69, 9.17) is 0 Å². The molecular formula is C17H20N2. The van der Waals surface area contributed by atoms with Gasteiger partial charge in [-0.1, -0.05) is 62.3 Å². The minimum absolute atomic E-state index is 0.739. The maximum atomic E-state index is 4.57. The Kier molecular flexibility index (Phi) is 6.10. The van der Waals surface area contributed by atoms with Crippen LogP contribution in [0.1, 0.15) is 18.4 Å². The lowest BCUT2D eigenvalue weighted by Gasteiger charge is -1.97. The summed E-state index contributed by atoms with van der Waals surface area (Å²) in [6, 6.07) is 0. The van der Waals surface area contributed by atoms with Gasteiger partial charge in [0, 0.05) is 18.2 Å². The number of aromatic nitrogens is 2. The first kappa shape index (κ1) is 14.7. The fraction of sp³-hybridized carbons (Fsp3) is 0.118. The Morgan fingerprint density at radius 1 is 1.26 bits per heavy atom. The molecule has 98 valence electrons. The molecule has 0 unspecified atom stereocenters. The van der Waals surface area contributed by atoms with Gasteiger partial charge in [0.05, 0.1) is 5.69 Å². The van der Waals surface area contributed by atoms with E-state index in [0.29, 0.717) is 0 Å². The van der Waals surface area contributed by atoms with Gasteiger partial charge in [-0.2, -0.15) is 0 Å². The van der Waals surface area contributed by atoms with E-state index in [2.05, 4.69) is 29.7 Å². The van der Waals surface area contributed by atoms with Gasteiger partial charge in [0.15, 0.2) is 0 Å². The second-order valence-electron chi connectivity index (χ2n) is 3.96. The highest BCUT2D eigenvalue weighted by Crippen LogP contribution is 2.15. The minimum atomic E-state index is 0.739. The maximum Gasteiger partial charge on any atom is 0.137 e. The van der Waals surface area contributed by atoms with Gasteiger partial charge in [0.25, 0.3) is 0 Å². The van der Waals surface area contributed by atoms with Crippen LogP contribution in [0, 0.1) is 0 Å². The van der Waals surface area contributed by atoms with Gasteiger partial charge in [-0.3, -0.25) is 0 Å². The molecular weight excluding hydrogens is 232 g/mol. The van der Waals surface area contributed by atoms with E-state index < -0.39 is 0 Å². The largest absolute Gasteiger partial charge is 0.344 e. The molecule has 1 heterocycles. The van der Waals surface area contributed by atoms with Gasteiger partial charge in [-0.15, -0.1) is 0 Å². The Hall–Kier alpha value is -2.35. The summed E-state index contributed by atoms with van der Waals surface area (Å²) in [5, 5.41) is 0.